The summed E-state index contributed by atoms with van der Waals surface area (Å²) in [5.41, 5.74) is 3.08. The quantitative estimate of drug-likeness (QED) is 0.358. The molecule has 0 saturated carbocycles. The number of para-hydroxylation sites is 1. The lowest BCUT2D eigenvalue weighted by Gasteiger charge is -2.34. The Kier molecular flexibility index (Phi) is 7.42. The third-order valence-corrected chi connectivity index (χ3v) is 7.20. The van der Waals surface area contributed by atoms with Crippen LogP contribution >= 0.6 is 0 Å². The summed E-state index contributed by atoms with van der Waals surface area (Å²) in [5, 5.41) is 11.5. The van der Waals surface area contributed by atoms with Gasteiger partial charge in [-0.2, -0.15) is 0 Å². The van der Waals surface area contributed by atoms with Crippen LogP contribution in [-0.4, -0.2) is 65.4 Å². The van der Waals surface area contributed by atoms with Gasteiger partial charge in [0.2, 0.25) is 18.6 Å². The van der Waals surface area contributed by atoms with Gasteiger partial charge in [-0.15, -0.1) is 5.10 Å². The zero-order valence-electron chi connectivity index (χ0n) is 23.9. The minimum Gasteiger partial charge on any atom is -0.454 e. The van der Waals surface area contributed by atoms with Crippen LogP contribution in [0.4, 0.5) is 11.4 Å². The number of morpholine rings is 1. The number of rotatable bonds is 7. The summed E-state index contributed by atoms with van der Waals surface area (Å²) < 4.78 is 18.2. The van der Waals surface area contributed by atoms with Crippen molar-refractivity contribution in [2.24, 2.45) is 0 Å². The molecule has 3 aromatic carbocycles. The van der Waals surface area contributed by atoms with Gasteiger partial charge in [-0.25, -0.2) is 4.68 Å². The first-order chi connectivity index (χ1) is 20.3. The number of carbonyl (C=O) groups excluding carboxylic acids is 2. The smallest absolute Gasteiger partial charge is 0.249 e. The van der Waals surface area contributed by atoms with Gasteiger partial charge in [0.1, 0.15) is 18.1 Å². The summed E-state index contributed by atoms with van der Waals surface area (Å²) in [5.74, 6) is 0.444. The number of ether oxygens (including phenoxy) is 3. The largest absolute Gasteiger partial charge is 0.454 e. The van der Waals surface area contributed by atoms with Gasteiger partial charge in [-0.05, 0) is 62.7 Å². The Hall–Kier alpha value is -4.64. The SMILES string of the molecule is CC(C)(C)NC(=O)C(c1ccc(N2CCOCC2)cc1)N(C(=O)Cn1nnc2ccccc21)c1ccc2c(c1)OCO2. The molecular formula is C31H34N6O5. The molecule has 1 unspecified atom stereocenters. The predicted molar refractivity (Wildman–Crippen MR) is 158 cm³/mol. The average Bonchev–Trinajstić information content (AvgIpc) is 3.62. The third-order valence-electron chi connectivity index (χ3n) is 7.20. The summed E-state index contributed by atoms with van der Waals surface area (Å²) in [7, 11) is 0. The molecule has 42 heavy (non-hydrogen) atoms. The highest BCUT2D eigenvalue weighted by Crippen LogP contribution is 2.38. The number of hydrogen-bond donors (Lipinski definition) is 1. The molecule has 2 aliphatic heterocycles. The highest BCUT2D eigenvalue weighted by molar-refractivity contribution is 6.02. The van der Waals surface area contributed by atoms with Crippen LogP contribution in [0, 0.1) is 0 Å². The first-order valence-corrected chi connectivity index (χ1v) is 14.0. The van der Waals surface area contributed by atoms with Crippen molar-refractivity contribution in [3.63, 3.8) is 0 Å². The molecule has 2 aliphatic rings. The van der Waals surface area contributed by atoms with Crippen LogP contribution in [0.1, 0.15) is 32.4 Å². The van der Waals surface area contributed by atoms with Crippen LogP contribution < -0.4 is 24.6 Å². The summed E-state index contributed by atoms with van der Waals surface area (Å²) in [6.07, 6.45) is 0. The average molecular weight is 571 g/mol. The lowest BCUT2D eigenvalue weighted by molar-refractivity contribution is -0.128. The highest BCUT2D eigenvalue weighted by Gasteiger charge is 2.35. The first kappa shape index (κ1) is 27.5. The molecule has 2 amide bonds. The molecule has 1 saturated heterocycles. The van der Waals surface area contributed by atoms with Crippen molar-refractivity contribution >= 4 is 34.2 Å². The molecule has 1 N–H and O–H groups in total. The Bertz CT molecular complexity index is 1590. The molecule has 0 aliphatic carbocycles. The first-order valence-electron chi connectivity index (χ1n) is 14.0. The van der Waals surface area contributed by atoms with Crippen LogP contribution in [0.3, 0.4) is 0 Å². The lowest BCUT2D eigenvalue weighted by Crippen LogP contribution is -2.50. The Morgan fingerprint density at radius 1 is 0.976 bits per heavy atom. The second kappa shape index (κ2) is 11.3. The van der Waals surface area contributed by atoms with E-state index in [0.29, 0.717) is 41.5 Å². The number of hydrogen-bond acceptors (Lipinski definition) is 8. The predicted octanol–water partition coefficient (Wildman–Crippen LogP) is 3.69. The van der Waals surface area contributed by atoms with Crippen LogP contribution in [0.5, 0.6) is 11.5 Å². The maximum atomic E-state index is 14.3. The van der Waals surface area contributed by atoms with Gasteiger partial charge in [0.05, 0.1) is 18.7 Å². The van der Waals surface area contributed by atoms with E-state index in [1.807, 2.05) is 69.3 Å². The Labute approximate surface area is 243 Å². The number of anilines is 2. The molecule has 11 nitrogen and oxygen atoms in total. The zero-order chi connectivity index (χ0) is 29.3. The van der Waals surface area contributed by atoms with Crippen LogP contribution in [0.2, 0.25) is 0 Å². The van der Waals surface area contributed by atoms with E-state index in [4.69, 9.17) is 14.2 Å². The molecule has 6 rings (SSSR count). The molecule has 4 aromatic rings. The minimum atomic E-state index is -0.981. The second-order valence-electron chi connectivity index (χ2n) is 11.4. The normalized spacial score (nSPS) is 15.5. The summed E-state index contributed by atoms with van der Waals surface area (Å²) in [4.78, 5) is 32.2. The minimum absolute atomic E-state index is 0.0919. The third kappa shape index (κ3) is 5.73. The molecule has 218 valence electrons. The molecule has 1 fully saturated rings. The zero-order valence-corrected chi connectivity index (χ0v) is 23.9. The molecule has 0 spiro atoms. The molecule has 0 radical (unpaired) electrons. The number of amides is 2. The molecular weight excluding hydrogens is 536 g/mol. The Morgan fingerprint density at radius 2 is 1.71 bits per heavy atom. The van der Waals surface area contributed by atoms with E-state index in [9.17, 15) is 9.59 Å². The number of fused-ring (bicyclic) bond motifs is 2. The van der Waals surface area contributed by atoms with E-state index in [1.165, 1.54) is 4.90 Å². The van der Waals surface area contributed by atoms with E-state index in [1.54, 1.807) is 22.9 Å². The van der Waals surface area contributed by atoms with Crippen LogP contribution in [0.25, 0.3) is 11.0 Å². The van der Waals surface area contributed by atoms with E-state index in [0.717, 1.165) is 24.3 Å². The van der Waals surface area contributed by atoms with Gasteiger partial charge in [-0.3, -0.25) is 14.5 Å². The molecule has 1 atom stereocenters. The van der Waals surface area contributed by atoms with Crippen molar-refractivity contribution in [2.75, 3.05) is 42.9 Å². The standard InChI is InChI=1S/C31H34N6O5/c1-31(2,3)32-30(39)29(21-8-10-22(11-9-21)35-14-16-40-17-15-35)37(23-12-13-26-27(18-23)42-20-41-26)28(38)19-36-25-7-5-4-6-24(25)33-34-36/h4-13,18,29H,14-17,19-20H2,1-3H3,(H,32,39). The number of benzene rings is 3. The van der Waals surface area contributed by atoms with E-state index in [-0.39, 0.29) is 25.2 Å². The second-order valence-corrected chi connectivity index (χ2v) is 11.4. The Morgan fingerprint density at radius 3 is 2.48 bits per heavy atom. The van der Waals surface area contributed by atoms with Gasteiger partial charge in [-0.1, -0.05) is 29.5 Å². The fraction of sp³-hybridized carbons (Fsp3) is 0.355. The fourth-order valence-corrected chi connectivity index (χ4v) is 5.26. The van der Waals surface area contributed by atoms with Gasteiger partial charge >= 0.3 is 0 Å². The number of nitrogens with one attached hydrogen (secondary N) is 1. The van der Waals surface area contributed by atoms with Gasteiger partial charge in [0, 0.05) is 36.1 Å². The number of carbonyl (C=O) groups is 2. The van der Waals surface area contributed by atoms with Crippen molar-refractivity contribution in [3.8, 4) is 11.5 Å². The molecule has 0 bridgehead atoms. The Balaban J connectivity index is 1.42. The van der Waals surface area contributed by atoms with Gasteiger partial charge in [0.25, 0.3) is 0 Å². The highest BCUT2D eigenvalue weighted by atomic mass is 16.7. The van der Waals surface area contributed by atoms with Crippen molar-refractivity contribution in [1.29, 1.82) is 0 Å². The van der Waals surface area contributed by atoms with Crippen molar-refractivity contribution in [1.82, 2.24) is 20.3 Å². The fourth-order valence-electron chi connectivity index (χ4n) is 5.26. The molecule has 3 heterocycles. The number of nitrogens with zero attached hydrogens (tertiary/aromatic N) is 5. The van der Waals surface area contributed by atoms with Gasteiger partial charge in [0.15, 0.2) is 11.5 Å². The molecule has 1 aromatic heterocycles. The maximum Gasteiger partial charge on any atom is 0.249 e. The number of aromatic nitrogens is 3. The topological polar surface area (TPSA) is 111 Å². The van der Waals surface area contributed by atoms with E-state index >= 15 is 0 Å². The summed E-state index contributed by atoms with van der Waals surface area (Å²) >= 11 is 0. The maximum absolute atomic E-state index is 14.3. The van der Waals surface area contributed by atoms with Crippen molar-refractivity contribution in [2.45, 2.75) is 38.9 Å². The van der Waals surface area contributed by atoms with Crippen molar-refractivity contribution in [3.05, 3.63) is 72.3 Å². The summed E-state index contributed by atoms with van der Waals surface area (Å²) in [6, 6.07) is 19.5. The molecule has 11 heteroatoms. The summed E-state index contributed by atoms with van der Waals surface area (Å²) in [6.45, 7) is 8.63. The van der Waals surface area contributed by atoms with E-state index in [2.05, 4.69) is 20.5 Å². The van der Waals surface area contributed by atoms with Crippen LogP contribution in [-0.2, 0) is 20.9 Å². The lowest BCUT2D eigenvalue weighted by atomic mass is 10.00. The monoisotopic (exact) mass is 570 g/mol. The van der Waals surface area contributed by atoms with Crippen molar-refractivity contribution < 1.29 is 23.8 Å². The van der Waals surface area contributed by atoms with E-state index < -0.39 is 11.6 Å². The van der Waals surface area contributed by atoms with Crippen LogP contribution in [0.15, 0.2) is 66.7 Å². The van der Waals surface area contributed by atoms with Gasteiger partial charge < -0.3 is 24.4 Å².